The molecule has 0 unspecified atom stereocenters. The number of H-pyrrole nitrogens is 1. The van der Waals surface area contributed by atoms with Crippen molar-refractivity contribution in [1.29, 1.82) is 0 Å². The van der Waals surface area contributed by atoms with Crippen molar-refractivity contribution in [1.82, 2.24) is 9.78 Å². The summed E-state index contributed by atoms with van der Waals surface area (Å²) >= 11 is 0. The van der Waals surface area contributed by atoms with Crippen molar-refractivity contribution in [3.8, 4) is 0 Å². The zero-order valence-corrected chi connectivity index (χ0v) is 9.56. The Balaban J connectivity index is 2.05. The van der Waals surface area contributed by atoms with E-state index in [4.69, 9.17) is 0 Å². The summed E-state index contributed by atoms with van der Waals surface area (Å²) in [4.78, 5) is 11.7. The first-order valence-corrected chi connectivity index (χ1v) is 5.66. The molecule has 0 bridgehead atoms. The van der Waals surface area contributed by atoms with Gasteiger partial charge in [-0.15, -0.1) is 0 Å². The van der Waals surface area contributed by atoms with Crippen LogP contribution in [0.3, 0.4) is 0 Å². The predicted octanol–water partition coefficient (Wildman–Crippen LogP) is 2.52. The molecule has 90 valence electrons. The number of nitrogens with zero attached hydrogens (tertiary/aromatic N) is 1. The highest BCUT2D eigenvalue weighted by molar-refractivity contribution is 5.78. The van der Waals surface area contributed by atoms with E-state index >= 15 is 0 Å². The van der Waals surface area contributed by atoms with Crippen LogP contribution < -0.4 is 5.56 Å². The molecule has 2 aromatic carbocycles. The topological polar surface area (TPSA) is 37.8 Å². The number of rotatable bonds is 2. The smallest absolute Gasteiger partial charge is 0.271 e. The number of nitrogens with one attached hydrogen (secondary N) is 1. The zero-order chi connectivity index (χ0) is 12.5. The number of para-hydroxylation sites is 1. The lowest BCUT2D eigenvalue weighted by molar-refractivity contribution is 0.625. The van der Waals surface area contributed by atoms with Crippen LogP contribution in [0.15, 0.2) is 53.3 Å². The van der Waals surface area contributed by atoms with E-state index in [0.717, 1.165) is 11.1 Å². The molecular formula is C14H11FN2O. The van der Waals surface area contributed by atoms with Gasteiger partial charge in [-0.2, -0.15) is 0 Å². The van der Waals surface area contributed by atoms with Gasteiger partial charge in [0.1, 0.15) is 5.82 Å². The van der Waals surface area contributed by atoms with Crippen LogP contribution >= 0.6 is 0 Å². The van der Waals surface area contributed by atoms with E-state index in [9.17, 15) is 9.18 Å². The zero-order valence-electron chi connectivity index (χ0n) is 9.56. The average Bonchev–Trinajstić information content (AvgIpc) is 2.70. The summed E-state index contributed by atoms with van der Waals surface area (Å²) in [5, 5.41) is 3.45. The Morgan fingerprint density at radius 2 is 1.78 bits per heavy atom. The minimum Gasteiger partial charge on any atom is -0.280 e. The quantitative estimate of drug-likeness (QED) is 0.736. The summed E-state index contributed by atoms with van der Waals surface area (Å²) in [6, 6.07) is 13.6. The van der Waals surface area contributed by atoms with E-state index in [1.54, 1.807) is 22.9 Å². The van der Waals surface area contributed by atoms with Gasteiger partial charge in [-0.1, -0.05) is 24.3 Å². The second-order valence-corrected chi connectivity index (χ2v) is 4.17. The van der Waals surface area contributed by atoms with Crippen LogP contribution in [0.2, 0.25) is 0 Å². The highest BCUT2D eigenvalue weighted by atomic mass is 19.1. The van der Waals surface area contributed by atoms with Crippen molar-refractivity contribution < 1.29 is 4.39 Å². The normalized spacial score (nSPS) is 10.9. The molecule has 18 heavy (non-hydrogen) atoms. The Bertz CT molecular complexity index is 740. The SMILES string of the molecule is O=c1[nH]n(Cc2ccc(F)cc2)c2ccccc12. The van der Waals surface area contributed by atoms with E-state index in [1.807, 2.05) is 18.2 Å². The van der Waals surface area contributed by atoms with E-state index in [-0.39, 0.29) is 11.4 Å². The van der Waals surface area contributed by atoms with Crippen molar-refractivity contribution >= 4 is 10.9 Å². The van der Waals surface area contributed by atoms with Gasteiger partial charge in [0.05, 0.1) is 17.4 Å². The molecule has 3 rings (SSSR count). The molecule has 0 aliphatic heterocycles. The number of fused-ring (bicyclic) bond motifs is 1. The third kappa shape index (κ3) is 1.82. The summed E-state index contributed by atoms with van der Waals surface area (Å²) in [6.45, 7) is 0.517. The van der Waals surface area contributed by atoms with Gasteiger partial charge >= 0.3 is 0 Å². The van der Waals surface area contributed by atoms with Crippen molar-refractivity contribution in [3.05, 3.63) is 70.3 Å². The molecule has 3 nitrogen and oxygen atoms in total. The fourth-order valence-corrected chi connectivity index (χ4v) is 2.04. The molecule has 0 saturated carbocycles. The fourth-order valence-electron chi connectivity index (χ4n) is 2.04. The van der Waals surface area contributed by atoms with Gasteiger partial charge in [-0.25, -0.2) is 4.39 Å². The van der Waals surface area contributed by atoms with Gasteiger partial charge in [0, 0.05) is 0 Å². The number of hydrogen-bond donors (Lipinski definition) is 1. The maximum Gasteiger partial charge on any atom is 0.271 e. The van der Waals surface area contributed by atoms with Gasteiger partial charge in [-0.05, 0) is 29.8 Å². The molecule has 0 amide bonds. The van der Waals surface area contributed by atoms with E-state index in [1.165, 1.54) is 12.1 Å². The fraction of sp³-hybridized carbons (Fsp3) is 0.0714. The molecule has 1 heterocycles. The van der Waals surface area contributed by atoms with Crippen LogP contribution in [0.25, 0.3) is 10.9 Å². The average molecular weight is 242 g/mol. The Morgan fingerprint density at radius 1 is 1.06 bits per heavy atom. The number of aromatic amines is 1. The molecule has 0 atom stereocenters. The second kappa shape index (κ2) is 4.14. The van der Waals surface area contributed by atoms with E-state index in [2.05, 4.69) is 5.10 Å². The Kier molecular flexibility index (Phi) is 2.48. The van der Waals surface area contributed by atoms with Crippen molar-refractivity contribution in [2.24, 2.45) is 0 Å². The van der Waals surface area contributed by atoms with Gasteiger partial charge in [0.15, 0.2) is 0 Å². The Morgan fingerprint density at radius 3 is 2.56 bits per heavy atom. The summed E-state index contributed by atoms with van der Waals surface area (Å²) in [5.41, 5.74) is 1.69. The van der Waals surface area contributed by atoms with Crippen molar-refractivity contribution in [2.45, 2.75) is 6.54 Å². The number of aromatic nitrogens is 2. The molecule has 3 aromatic rings. The summed E-state index contributed by atoms with van der Waals surface area (Å²) in [6.07, 6.45) is 0. The van der Waals surface area contributed by atoms with Crippen LogP contribution in [0, 0.1) is 5.82 Å². The van der Waals surface area contributed by atoms with Gasteiger partial charge in [-0.3, -0.25) is 14.6 Å². The predicted molar refractivity (Wildman–Crippen MR) is 68.1 cm³/mol. The van der Waals surface area contributed by atoms with Gasteiger partial charge in [0.25, 0.3) is 5.56 Å². The Labute approximate surface area is 102 Å². The molecule has 0 spiro atoms. The molecular weight excluding hydrogens is 231 g/mol. The maximum absolute atomic E-state index is 12.8. The van der Waals surface area contributed by atoms with Gasteiger partial charge in [0.2, 0.25) is 0 Å². The van der Waals surface area contributed by atoms with Crippen LogP contribution in [-0.2, 0) is 6.54 Å². The first-order valence-electron chi connectivity index (χ1n) is 5.66. The van der Waals surface area contributed by atoms with Crippen LogP contribution in [0.5, 0.6) is 0 Å². The first kappa shape index (κ1) is 10.8. The molecule has 0 aliphatic rings. The van der Waals surface area contributed by atoms with Crippen molar-refractivity contribution in [3.63, 3.8) is 0 Å². The van der Waals surface area contributed by atoms with Crippen LogP contribution in [0.1, 0.15) is 5.56 Å². The molecule has 0 aliphatic carbocycles. The lowest BCUT2D eigenvalue weighted by Gasteiger charge is -2.04. The van der Waals surface area contributed by atoms with E-state index in [0.29, 0.717) is 11.9 Å². The highest BCUT2D eigenvalue weighted by Gasteiger charge is 2.05. The number of hydrogen-bond acceptors (Lipinski definition) is 1. The van der Waals surface area contributed by atoms with E-state index < -0.39 is 0 Å². The summed E-state index contributed by atoms with van der Waals surface area (Å²) in [5.74, 6) is -0.260. The summed E-state index contributed by atoms with van der Waals surface area (Å²) in [7, 11) is 0. The van der Waals surface area contributed by atoms with Crippen LogP contribution in [0.4, 0.5) is 4.39 Å². The largest absolute Gasteiger partial charge is 0.280 e. The molecule has 1 aromatic heterocycles. The lowest BCUT2D eigenvalue weighted by Crippen LogP contribution is -2.06. The highest BCUT2D eigenvalue weighted by Crippen LogP contribution is 2.11. The van der Waals surface area contributed by atoms with Gasteiger partial charge < -0.3 is 0 Å². The monoisotopic (exact) mass is 242 g/mol. The molecule has 0 saturated heterocycles. The number of benzene rings is 2. The maximum atomic E-state index is 12.8. The summed E-state index contributed by atoms with van der Waals surface area (Å²) < 4.78 is 14.6. The third-order valence-electron chi connectivity index (χ3n) is 2.93. The minimum atomic E-state index is -0.260. The lowest BCUT2D eigenvalue weighted by atomic mass is 10.2. The molecule has 4 heteroatoms. The molecule has 1 N–H and O–H groups in total. The van der Waals surface area contributed by atoms with Crippen LogP contribution in [-0.4, -0.2) is 9.78 Å². The minimum absolute atomic E-state index is 0.104. The standard InChI is InChI=1S/C14H11FN2O/c15-11-7-5-10(6-8-11)9-17-13-4-2-1-3-12(13)14(18)16-17/h1-8H,9H2,(H,16,18). The Hall–Kier alpha value is -2.36. The van der Waals surface area contributed by atoms with Crippen molar-refractivity contribution in [2.75, 3.05) is 0 Å². The second-order valence-electron chi connectivity index (χ2n) is 4.17. The molecule has 0 fully saturated rings. The molecule has 0 radical (unpaired) electrons. The first-order chi connectivity index (χ1) is 8.74. The number of halogens is 1. The third-order valence-corrected chi connectivity index (χ3v) is 2.93.